The molecule has 104 valence electrons. The second-order valence-corrected chi connectivity index (χ2v) is 6.81. The number of methoxy groups -OCH3 is 1. The van der Waals surface area contributed by atoms with E-state index in [1.165, 1.54) is 7.11 Å². The van der Waals surface area contributed by atoms with Gasteiger partial charge in [0, 0.05) is 17.8 Å². The Labute approximate surface area is 113 Å². The van der Waals surface area contributed by atoms with Gasteiger partial charge < -0.3 is 9.47 Å². The maximum Gasteiger partial charge on any atom is 0.373 e. The number of esters is 1. The van der Waals surface area contributed by atoms with E-state index >= 15 is 0 Å². The predicted octanol–water partition coefficient (Wildman–Crippen LogP) is 2.23. The van der Waals surface area contributed by atoms with E-state index < -0.39 is 0 Å². The van der Waals surface area contributed by atoms with Gasteiger partial charge in [-0.15, -0.1) is 0 Å². The second kappa shape index (κ2) is 3.84. The topological polar surface area (TPSA) is 52.6 Å². The number of carbonyl (C=O) groups excluding carboxylic acids is 2. The Morgan fingerprint density at radius 1 is 1.32 bits per heavy atom. The second-order valence-electron chi connectivity index (χ2n) is 6.81. The van der Waals surface area contributed by atoms with Gasteiger partial charge in [-0.25, -0.2) is 4.79 Å². The number of ketones is 1. The molecule has 0 aromatic carbocycles. The SMILES string of the molecule is COC1=C2CC[C@@]2([C@H]2CC(C)(C)CC2=O)COC1=O. The van der Waals surface area contributed by atoms with E-state index in [4.69, 9.17) is 9.47 Å². The molecule has 0 unspecified atom stereocenters. The number of cyclic esters (lactones) is 1. The average molecular weight is 264 g/mol. The summed E-state index contributed by atoms with van der Waals surface area (Å²) in [4.78, 5) is 24.0. The van der Waals surface area contributed by atoms with E-state index in [9.17, 15) is 9.59 Å². The molecule has 2 aliphatic carbocycles. The smallest absolute Gasteiger partial charge is 0.373 e. The molecule has 3 rings (SSSR count). The van der Waals surface area contributed by atoms with Gasteiger partial charge in [0.1, 0.15) is 12.4 Å². The largest absolute Gasteiger partial charge is 0.490 e. The lowest BCUT2D eigenvalue weighted by atomic mass is 9.55. The Balaban J connectivity index is 1.99. The van der Waals surface area contributed by atoms with Crippen molar-refractivity contribution in [1.82, 2.24) is 0 Å². The third-order valence-corrected chi connectivity index (χ3v) is 5.01. The number of ether oxygens (including phenoxy) is 2. The van der Waals surface area contributed by atoms with Crippen LogP contribution in [0.15, 0.2) is 11.3 Å². The molecule has 2 fully saturated rings. The Hall–Kier alpha value is -1.32. The van der Waals surface area contributed by atoms with E-state index in [1.54, 1.807) is 0 Å². The third kappa shape index (κ3) is 1.65. The molecule has 2 saturated carbocycles. The summed E-state index contributed by atoms with van der Waals surface area (Å²) in [5, 5.41) is 0. The van der Waals surface area contributed by atoms with Crippen LogP contribution in [0.1, 0.15) is 39.5 Å². The van der Waals surface area contributed by atoms with Crippen LogP contribution in [0.4, 0.5) is 0 Å². The van der Waals surface area contributed by atoms with Crippen molar-refractivity contribution in [1.29, 1.82) is 0 Å². The zero-order valence-corrected chi connectivity index (χ0v) is 11.7. The van der Waals surface area contributed by atoms with Gasteiger partial charge in [-0.3, -0.25) is 4.79 Å². The summed E-state index contributed by atoms with van der Waals surface area (Å²) in [5.41, 5.74) is 0.818. The normalized spacial score (nSPS) is 36.7. The summed E-state index contributed by atoms with van der Waals surface area (Å²) >= 11 is 0. The van der Waals surface area contributed by atoms with Crippen LogP contribution < -0.4 is 0 Å². The quantitative estimate of drug-likeness (QED) is 0.718. The minimum Gasteiger partial charge on any atom is -0.490 e. The van der Waals surface area contributed by atoms with E-state index in [0.29, 0.717) is 24.6 Å². The zero-order chi connectivity index (χ0) is 13.8. The lowest BCUT2D eigenvalue weighted by Gasteiger charge is -2.50. The fourth-order valence-electron chi connectivity index (χ4n) is 3.98. The molecule has 0 radical (unpaired) electrons. The molecule has 0 N–H and O–H groups in total. The van der Waals surface area contributed by atoms with Crippen molar-refractivity contribution < 1.29 is 19.1 Å². The van der Waals surface area contributed by atoms with E-state index in [-0.39, 0.29) is 22.7 Å². The summed E-state index contributed by atoms with van der Waals surface area (Å²) in [6, 6.07) is 0. The molecule has 0 saturated heterocycles. The molecule has 0 bridgehead atoms. The van der Waals surface area contributed by atoms with Gasteiger partial charge in [-0.1, -0.05) is 13.8 Å². The first-order valence-corrected chi connectivity index (χ1v) is 6.87. The first-order valence-electron chi connectivity index (χ1n) is 6.87. The van der Waals surface area contributed by atoms with Gasteiger partial charge in [0.25, 0.3) is 0 Å². The summed E-state index contributed by atoms with van der Waals surface area (Å²) in [6.45, 7) is 4.62. The molecule has 3 aliphatic rings. The highest BCUT2D eigenvalue weighted by Crippen LogP contribution is 2.60. The minimum atomic E-state index is -0.377. The summed E-state index contributed by atoms with van der Waals surface area (Å²) in [7, 11) is 1.50. The standard InChI is InChI=1S/C15H20O4/c1-14(2)6-10(11(16)7-14)15-5-4-9(15)12(18-3)13(17)19-8-15/h10H,4-8H2,1-3H3/t10-,15+/m0/s1. The molecule has 4 nitrogen and oxygen atoms in total. The molecular formula is C15H20O4. The van der Waals surface area contributed by atoms with Crippen molar-refractivity contribution in [2.24, 2.45) is 16.7 Å². The van der Waals surface area contributed by atoms with Gasteiger partial charge in [0.15, 0.2) is 0 Å². The van der Waals surface area contributed by atoms with Crippen molar-refractivity contribution in [3.05, 3.63) is 11.3 Å². The molecule has 0 aromatic heterocycles. The van der Waals surface area contributed by atoms with Crippen LogP contribution in [0.2, 0.25) is 0 Å². The molecule has 0 spiro atoms. The number of hydrogen-bond acceptors (Lipinski definition) is 4. The Morgan fingerprint density at radius 2 is 2.05 bits per heavy atom. The number of hydrogen-bond donors (Lipinski definition) is 0. The Morgan fingerprint density at radius 3 is 2.53 bits per heavy atom. The van der Waals surface area contributed by atoms with Crippen LogP contribution in [0, 0.1) is 16.7 Å². The fraction of sp³-hybridized carbons (Fsp3) is 0.733. The molecule has 0 aromatic rings. The van der Waals surface area contributed by atoms with Crippen molar-refractivity contribution >= 4 is 11.8 Å². The molecule has 2 atom stereocenters. The number of rotatable bonds is 2. The van der Waals surface area contributed by atoms with E-state index in [2.05, 4.69) is 13.8 Å². The maximum atomic E-state index is 12.3. The monoisotopic (exact) mass is 264 g/mol. The summed E-state index contributed by atoms with van der Waals surface area (Å²) in [5.74, 6) is 0.271. The van der Waals surface area contributed by atoms with Gasteiger partial charge in [-0.05, 0) is 30.3 Å². The van der Waals surface area contributed by atoms with Crippen LogP contribution in [0.3, 0.4) is 0 Å². The Bertz CT molecular complexity index is 488. The average Bonchev–Trinajstić information content (AvgIpc) is 2.57. The van der Waals surface area contributed by atoms with Gasteiger partial charge in [-0.2, -0.15) is 0 Å². The van der Waals surface area contributed by atoms with Crippen LogP contribution in [-0.2, 0) is 19.1 Å². The minimum absolute atomic E-state index is 0.00972. The molecule has 19 heavy (non-hydrogen) atoms. The zero-order valence-electron chi connectivity index (χ0n) is 11.7. The third-order valence-electron chi connectivity index (χ3n) is 5.01. The maximum absolute atomic E-state index is 12.3. The first-order chi connectivity index (χ1) is 8.89. The summed E-state index contributed by atoms with van der Waals surface area (Å²) in [6.07, 6.45) is 3.28. The highest BCUT2D eigenvalue weighted by Gasteiger charge is 2.59. The Kier molecular flexibility index (Phi) is 2.57. The van der Waals surface area contributed by atoms with E-state index in [0.717, 1.165) is 24.8 Å². The van der Waals surface area contributed by atoms with Crippen LogP contribution >= 0.6 is 0 Å². The van der Waals surface area contributed by atoms with Crippen LogP contribution in [-0.4, -0.2) is 25.5 Å². The molecule has 4 heteroatoms. The fourth-order valence-corrected chi connectivity index (χ4v) is 3.98. The van der Waals surface area contributed by atoms with Crippen LogP contribution in [0.5, 0.6) is 0 Å². The van der Waals surface area contributed by atoms with Gasteiger partial charge in [0.05, 0.1) is 7.11 Å². The highest BCUT2D eigenvalue weighted by atomic mass is 16.6. The van der Waals surface area contributed by atoms with Crippen molar-refractivity contribution in [3.8, 4) is 0 Å². The lowest BCUT2D eigenvalue weighted by Crippen LogP contribution is -2.50. The lowest BCUT2D eigenvalue weighted by molar-refractivity contribution is -0.155. The molecule has 0 amide bonds. The molecule has 1 heterocycles. The molecular weight excluding hydrogens is 244 g/mol. The number of fused-ring (bicyclic) bond motifs is 1. The number of Topliss-reactive ketones (excluding diaryl/α,β-unsaturated/α-hetero) is 1. The van der Waals surface area contributed by atoms with Gasteiger partial charge >= 0.3 is 5.97 Å². The highest BCUT2D eigenvalue weighted by molar-refractivity contribution is 5.91. The van der Waals surface area contributed by atoms with Gasteiger partial charge in [0.2, 0.25) is 5.76 Å². The van der Waals surface area contributed by atoms with Crippen LogP contribution in [0.25, 0.3) is 0 Å². The van der Waals surface area contributed by atoms with Crippen molar-refractivity contribution in [3.63, 3.8) is 0 Å². The predicted molar refractivity (Wildman–Crippen MR) is 68.2 cm³/mol. The van der Waals surface area contributed by atoms with E-state index in [1.807, 2.05) is 0 Å². The van der Waals surface area contributed by atoms with Crippen molar-refractivity contribution in [2.75, 3.05) is 13.7 Å². The summed E-state index contributed by atoms with van der Waals surface area (Å²) < 4.78 is 10.5. The first kappa shape index (κ1) is 12.7. The molecule has 1 aliphatic heterocycles. The van der Waals surface area contributed by atoms with Crippen molar-refractivity contribution in [2.45, 2.75) is 39.5 Å². The number of carbonyl (C=O) groups is 2.